The van der Waals surface area contributed by atoms with Crippen LogP contribution >= 0.6 is 22.7 Å². The molecule has 0 saturated heterocycles. The van der Waals surface area contributed by atoms with E-state index in [-0.39, 0.29) is 12.1 Å². The molecule has 0 radical (unpaired) electrons. The van der Waals surface area contributed by atoms with E-state index in [9.17, 15) is 0 Å². The van der Waals surface area contributed by atoms with Gasteiger partial charge in [0.2, 0.25) is 0 Å². The molecule has 2 rings (SSSR count). The van der Waals surface area contributed by atoms with E-state index in [2.05, 4.69) is 38.1 Å². The molecule has 4 N–H and O–H groups in total. The number of rotatable bonds is 3. The zero-order chi connectivity index (χ0) is 11.7. The number of hydrogen-bond donors (Lipinski definition) is 2. The molecular formula is C12H16N2S2. The van der Waals surface area contributed by atoms with Crippen LogP contribution < -0.4 is 11.5 Å². The summed E-state index contributed by atoms with van der Waals surface area (Å²) in [6.45, 7) is 4.17. The van der Waals surface area contributed by atoms with Crippen molar-refractivity contribution in [3.05, 3.63) is 43.8 Å². The lowest BCUT2D eigenvalue weighted by Gasteiger charge is -2.17. The summed E-state index contributed by atoms with van der Waals surface area (Å²) < 4.78 is 0. The summed E-state index contributed by atoms with van der Waals surface area (Å²) >= 11 is 3.45. The van der Waals surface area contributed by atoms with Crippen LogP contribution in [0.2, 0.25) is 0 Å². The van der Waals surface area contributed by atoms with Gasteiger partial charge in [-0.05, 0) is 38.1 Å². The molecule has 2 atom stereocenters. The lowest BCUT2D eigenvalue weighted by Crippen LogP contribution is -2.24. The Morgan fingerprint density at radius 3 is 1.44 bits per heavy atom. The molecule has 2 aromatic rings. The highest BCUT2D eigenvalue weighted by molar-refractivity contribution is 7.12. The first kappa shape index (κ1) is 11.8. The Morgan fingerprint density at radius 1 is 0.812 bits per heavy atom. The Kier molecular flexibility index (Phi) is 3.44. The topological polar surface area (TPSA) is 52.0 Å². The van der Waals surface area contributed by atoms with Crippen molar-refractivity contribution in [1.82, 2.24) is 0 Å². The maximum absolute atomic E-state index is 6.19. The summed E-state index contributed by atoms with van der Waals surface area (Å²) in [6, 6.07) is 8.13. The predicted octanol–water partition coefficient (Wildman–Crippen LogP) is 3.13. The molecule has 16 heavy (non-hydrogen) atoms. The lowest BCUT2D eigenvalue weighted by atomic mass is 10.1. The summed E-state index contributed by atoms with van der Waals surface area (Å²) in [5.41, 5.74) is 12.4. The van der Waals surface area contributed by atoms with Crippen molar-refractivity contribution < 1.29 is 0 Å². The molecule has 0 aliphatic rings. The second-order valence-corrected chi connectivity index (χ2v) is 6.59. The summed E-state index contributed by atoms with van der Waals surface area (Å²) in [6.07, 6.45) is 0. The van der Waals surface area contributed by atoms with Crippen LogP contribution in [-0.4, -0.2) is 0 Å². The summed E-state index contributed by atoms with van der Waals surface area (Å²) in [5.74, 6) is 0. The Hall–Kier alpha value is -0.680. The highest BCUT2D eigenvalue weighted by Gasteiger charge is 2.19. The Labute approximate surface area is 104 Å². The quantitative estimate of drug-likeness (QED) is 0.881. The third kappa shape index (κ3) is 2.35. The fraction of sp³-hybridized carbons (Fsp3) is 0.333. The molecule has 2 nitrogen and oxygen atoms in total. The maximum atomic E-state index is 6.19. The monoisotopic (exact) mass is 252 g/mol. The minimum Gasteiger partial charge on any atom is -0.322 e. The Balaban J connectivity index is 2.19. The zero-order valence-electron chi connectivity index (χ0n) is 9.44. The Bertz CT molecular complexity index is 429. The zero-order valence-corrected chi connectivity index (χ0v) is 11.1. The second kappa shape index (κ2) is 4.67. The van der Waals surface area contributed by atoms with Gasteiger partial charge < -0.3 is 11.5 Å². The number of aryl methyl sites for hydroxylation is 2. The molecule has 2 unspecified atom stereocenters. The lowest BCUT2D eigenvalue weighted by molar-refractivity contribution is 0.592. The fourth-order valence-corrected chi connectivity index (χ4v) is 3.47. The molecule has 2 heterocycles. The highest BCUT2D eigenvalue weighted by atomic mass is 32.1. The van der Waals surface area contributed by atoms with E-state index in [1.54, 1.807) is 22.7 Å². The van der Waals surface area contributed by atoms with Crippen molar-refractivity contribution in [3.63, 3.8) is 0 Å². The summed E-state index contributed by atoms with van der Waals surface area (Å²) in [5, 5.41) is 0. The standard InChI is InChI=1S/C12H16N2S2/c1-7-3-5-9(15-7)11(13)12(14)10-6-4-8(2)16-10/h3-6,11-12H,13-14H2,1-2H3. The van der Waals surface area contributed by atoms with E-state index < -0.39 is 0 Å². The third-order valence-corrected chi connectivity index (χ3v) is 4.77. The average Bonchev–Trinajstić information content (AvgIpc) is 2.85. The van der Waals surface area contributed by atoms with Gasteiger partial charge in [-0.3, -0.25) is 0 Å². The first-order valence-electron chi connectivity index (χ1n) is 5.22. The number of nitrogens with two attached hydrogens (primary N) is 2. The molecule has 0 saturated carbocycles. The van der Waals surface area contributed by atoms with Crippen LogP contribution in [0.4, 0.5) is 0 Å². The van der Waals surface area contributed by atoms with E-state index >= 15 is 0 Å². The first-order chi connectivity index (χ1) is 7.58. The van der Waals surface area contributed by atoms with Crippen LogP contribution in [0.1, 0.15) is 31.6 Å². The fourth-order valence-electron chi connectivity index (χ4n) is 1.62. The second-order valence-electron chi connectivity index (χ2n) is 3.95. The van der Waals surface area contributed by atoms with E-state index in [1.165, 1.54) is 9.75 Å². The van der Waals surface area contributed by atoms with Crippen LogP contribution in [-0.2, 0) is 0 Å². The maximum Gasteiger partial charge on any atom is 0.0593 e. The van der Waals surface area contributed by atoms with E-state index in [0.29, 0.717) is 0 Å². The van der Waals surface area contributed by atoms with Crippen molar-refractivity contribution in [2.24, 2.45) is 11.5 Å². The van der Waals surface area contributed by atoms with Crippen LogP contribution in [0, 0.1) is 13.8 Å². The van der Waals surface area contributed by atoms with Gasteiger partial charge in [-0.1, -0.05) is 0 Å². The van der Waals surface area contributed by atoms with E-state index in [0.717, 1.165) is 9.75 Å². The van der Waals surface area contributed by atoms with Crippen LogP contribution in [0.15, 0.2) is 24.3 Å². The van der Waals surface area contributed by atoms with Crippen LogP contribution in [0.5, 0.6) is 0 Å². The summed E-state index contributed by atoms with van der Waals surface area (Å²) in [4.78, 5) is 4.88. The molecule has 0 aliphatic heterocycles. The molecule has 0 aliphatic carbocycles. The van der Waals surface area contributed by atoms with E-state index in [4.69, 9.17) is 11.5 Å². The van der Waals surface area contributed by atoms with Crippen molar-refractivity contribution >= 4 is 22.7 Å². The third-order valence-electron chi connectivity index (χ3n) is 2.57. The molecule has 0 fully saturated rings. The Morgan fingerprint density at radius 2 is 1.19 bits per heavy atom. The highest BCUT2D eigenvalue weighted by Crippen LogP contribution is 2.32. The minimum absolute atomic E-state index is 0.100. The molecule has 0 bridgehead atoms. The van der Waals surface area contributed by atoms with Gasteiger partial charge in [0, 0.05) is 19.5 Å². The smallest absolute Gasteiger partial charge is 0.0593 e. The predicted molar refractivity (Wildman–Crippen MR) is 72.0 cm³/mol. The van der Waals surface area contributed by atoms with Gasteiger partial charge in [-0.2, -0.15) is 0 Å². The molecule has 2 aromatic heterocycles. The molecular weight excluding hydrogens is 236 g/mol. The van der Waals surface area contributed by atoms with Gasteiger partial charge in [0.15, 0.2) is 0 Å². The van der Waals surface area contributed by atoms with E-state index in [1.807, 2.05) is 0 Å². The number of hydrogen-bond acceptors (Lipinski definition) is 4. The molecule has 4 heteroatoms. The first-order valence-corrected chi connectivity index (χ1v) is 6.85. The molecule has 86 valence electrons. The van der Waals surface area contributed by atoms with Gasteiger partial charge in [0.25, 0.3) is 0 Å². The van der Waals surface area contributed by atoms with Gasteiger partial charge in [0.05, 0.1) is 12.1 Å². The van der Waals surface area contributed by atoms with Crippen molar-refractivity contribution in [2.45, 2.75) is 25.9 Å². The molecule has 0 amide bonds. The molecule has 0 spiro atoms. The number of thiophene rings is 2. The van der Waals surface area contributed by atoms with Crippen molar-refractivity contribution in [2.75, 3.05) is 0 Å². The summed E-state index contributed by atoms with van der Waals surface area (Å²) in [7, 11) is 0. The van der Waals surface area contributed by atoms with Crippen molar-refractivity contribution in [1.29, 1.82) is 0 Å². The molecule has 0 aromatic carbocycles. The van der Waals surface area contributed by atoms with Crippen LogP contribution in [0.3, 0.4) is 0 Å². The largest absolute Gasteiger partial charge is 0.322 e. The average molecular weight is 252 g/mol. The van der Waals surface area contributed by atoms with Crippen molar-refractivity contribution in [3.8, 4) is 0 Å². The van der Waals surface area contributed by atoms with Gasteiger partial charge in [-0.25, -0.2) is 0 Å². The van der Waals surface area contributed by atoms with Gasteiger partial charge in [0.1, 0.15) is 0 Å². The normalized spacial score (nSPS) is 15.0. The minimum atomic E-state index is -0.100. The SMILES string of the molecule is Cc1ccc(C(N)C(N)c2ccc(C)s2)s1. The van der Waals surface area contributed by atoms with Gasteiger partial charge >= 0.3 is 0 Å². The van der Waals surface area contributed by atoms with Gasteiger partial charge in [-0.15, -0.1) is 22.7 Å². The van der Waals surface area contributed by atoms with Crippen LogP contribution in [0.25, 0.3) is 0 Å².